The Labute approximate surface area is 145 Å². The van der Waals surface area contributed by atoms with Gasteiger partial charge in [-0.1, -0.05) is 20.3 Å². The standard InChI is InChI=1S/C20H30N2O2/c1-4-15(2)12-19(23)14-22(18-8-9-18)20(24)7-5-6-17-10-11-21-16(3)13-17/h10-11,13,15,18H,4-9,12,14H2,1-3H3/t15-/m1/s1. The van der Waals surface area contributed by atoms with Crippen molar-refractivity contribution in [3.63, 3.8) is 0 Å². The highest BCUT2D eigenvalue weighted by atomic mass is 16.2. The van der Waals surface area contributed by atoms with E-state index in [2.05, 4.69) is 24.9 Å². The minimum absolute atomic E-state index is 0.140. The van der Waals surface area contributed by atoms with Gasteiger partial charge in [0.1, 0.15) is 0 Å². The number of hydrogen-bond donors (Lipinski definition) is 0. The first-order valence-electron chi connectivity index (χ1n) is 9.22. The Bertz CT molecular complexity index is 567. The van der Waals surface area contributed by atoms with Gasteiger partial charge in [-0.05, 0) is 56.2 Å². The number of hydrogen-bond acceptors (Lipinski definition) is 3. The van der Waals surface area contributed by atoms with Gasteiger partial charge in [0.15, 0.2) is 5.78 Å². The summed E-state index contributed by atoms with van der Waals surface area (Å²) in [5.41, 5.74) is 2.23. The predicted molar refractivity (Wildman–Crippen MR) is 95.7 cm³/mol. The first kappa shape index (κ1) is 18.6. The summed E-state index contributed by atoms with van der Waals surface area (Å²) in [6.07, 6.45) is 7.74. The first-order valence-corrected chi connectivity index (χ1v) is 9.22. The molecule has 0 saturated heterocycles. The molecule has 1 aromatic rings. The molecule has 0 aliphatic heterocycles. The quantitative estimate of drug-likeness (QED) is 0.657. The molecule has 1 atom stereocenters. The van der Waals surface area contributed by atoms with Crippen LogP contribution in [0.15, 0.2) is 18.3 Å². The van der Waals surface area contributed by atoms with E-state index in [1.54, 1.807) is 0 Å². The molecule has 0 bridgehead atoms. The Hall–Kier alpha value is -1.71. The van der Waals surface area contributed by atoms with E-state index in [0.29, 0.717) is 31.3 Å². The monoisotopic (exact) mass is 330 g/mol. The molecule has 4 heteroatoms. The molecule has 1 amide bonds. The van der Waals surface area contributed by atoms with Crippen molar-refractivity contribution in [1.29, 1.82) is 0 Å². The van der Waals surface area contributed by atoms with Gasteiger partial charge in [0, 0.05) is 30.8 Å². The van der Waals surface area contributed by atoms with Gasteiger partial charge in [0.05, 0.1) is 6.54 Å². The second kappa shape index (κ2) is 8.95. The van der Waals surface area contributed by atoms with E-state index in [-0.39, 0.29) is 11.7 Å². The topological polar surface area (TPSA) is 50.3 Å². The molecule has 0 radical (unpaired) electrons. The number of carbonyl (C=O) groups is 2. The third-order valence-electron chi connectivity index (χ3n) is 4.74. The summed E-state index contributed by atoms with van der Waals surface area (Å²) < 4.78 is 0. The molecule has 1 fully saturated rings. The molecule has 4 nitrogen and oxygen atoms in total. The lowest BCUT2D eigenvalue weighted by molar-refractivity contribution is -0.136. The SMILES string of the molecule is CC[C@@H](C)CC(=O)CN(C(=O)CCCc1ccnc(C)c1)C1CC1. The van der Waals surface area contributed by atoms with E-state index in [0.717, 1.165) is 37.8 Å². The van der Waals surface area contributed by atoms with E-state index < -0.39 is 0 Å². The van der Waals surface area contributed by atoms with Gasteiger partial charge in [-0.15, -0.1) is 0 Å². The number of carbonyl (C=O) groups excluding carboxylic acids is 2. The Kier molecular flexibility index (Phi) is 6.95. The number of amides is 1. The number of Topliss-reactive ketones (excluding diaryl/α,β-unsaturated/α-hetero) is 1. The third kappa shape index (κ3) is 6.06. The zero-order chi connectivity index (χ0) is 17.5. The van der Waals surface area contributed by atoms with Crippen molar-refractivity contribution in [3.05, 3.63) is 29.6 Å². The maximum atomic E-state index is 12.5. The number of rotatable bonds is 10. The van der Waals surface area contributed by atoms with E-state index in [4.69, 9.17) is 0 Å². The first-order chi connectivity index (χ1) is 11.5. The summed E-state index contributed by atoms with van der Waals surface area (Å²) in [4.78, 5) is 30.8. The molecule has 1 heterocycles. The molecule has 0 unspecified atom stereocenters. The molecule has 0 N–H and O–H groups in total. The van der Waals surface area contributed by atoms with Crippen LogP contribution in [-0.4, -0.2) is 34.2 Å². The van der Waals surface area contributed by atoms with Crippen LogP contribution >= 0.6 is 0 Å². The Balaban J connectivity index is 1.80. The smallest absolute Gasteiger partial charge is 0.223 e. The molecule has 0 aromatic carbocycles. The normalized spacial score (nSPS) is 15.1. The molecule has 1 aromatic heterocycles. The minimum Gasteiger partial charge on any atom is -0.332 e. The van der Waals surface area contributed by atoms with Crippen LogP contribution in [0.1, 0.15) is 63.6 Å². The van der Waals surface area contributed by atoms with Crippen molar-refractivity contribution in [2.45, 2.75) is 71.8 Å². The van der Waals surface area contributed by atoms with E-state index >= 15 is 0 Å². The Morgan fingerprint density at radius 2 is 2.12 bits per heavy atom. The summed E-state index contributed by atoms with van der Waals surface area (Å²) in [6.45, 7) is 6.48. The van der Waals surface area contributed by atoms with Gasteiger partial charge in [0.2, 0.25) is 5.91 Å². The van der Waals surface area contributed by atoms with Crippen molar-refractivity contribution in [1.82, 2.24) is 9.88 Å². The fraction of sp³-hybridized carbons (Fsp3) is 0.650. The largest absolute Gasteiger partial charge is 0.332 e. The van der Waals surface area contributed by atoms with Crippen LogP contribution in [-0.2, 0) is 16.0 Å². The van der Waals surface area contributed by atoms with Gasteiger partial charge >= 0.3 is 0 Å². The summed E-state index contributed by atoms with van der Waals surface area (Å²) in [7, 11) is 0. The zero-order valence-corrected chi connectivity index (χ0v) is 15.3. The molecule has 0 spiro atoms. The van der Waals surface area contributed by atoms with Gasteiger partial charge < -0.3 is 4.90 Å². The lowest BCUT2D eigenvalue weighted by atomic mass is 10.0. The average Bonchev–Trinajstić information content (AvgIpc) is 3.37. The van der Waals surface area contributed by atoms with Gasteiger partial charge in [-0.3, -0.25) is 14.6 Å². The van der Waals surface area contributed by atoms with Crippen molar-refractivity contribution < 1.29 is 9.59 Å². The van der Waals surface area contributed by atoms with Crippen molar-refractivity contribution >= 4 is 11.7 Å². The average molecular weight is 330 g/mol. The number of pyridine rings is 1. The fourth-order valence-corrected chi connectivity index (χ4v) is 2.94. The van der Waals surface area contributed by atoms with Gasteiger partial charge in [0.25, 0.3) is 0 Å². The van der Waals surface area contributed by atoms with Gasteiger partial charge in [-0.25, -0.2) is 0 Å². The predicted octanol–water partition coefficient (Wildman–Crippen LogP) is 3.71. The van der Waals surface area contributed by atoms with Crippen LogP contribution in [0.3, 0.4) is 0 Å². The zero-order valence-electron chi connectivity index (χ0n) is 15.3. The Morgan fingerprint density at radius 3 is 2.75 bits per heavy atom. The van der Waals surface area contributed by atoms with Crippen LogP contribution < -0.4 is 0 Å². The lowest BCUT2D eigenvalue weighted by Gasteiger charge is -2.22. The highest BCUT2D eigenvalue weighted by molar-refractivity contribution is 5.86. The summed E-state index contributed by atoms with van der Waals surface area (Å²) in [5.74, 6) is 0.749. The second-order valence-electron chi connectivity index (χ2n) is 7.17. The number of nitrogens with zero attached hydrogens (tertiary/aromatic N) is 2. The molecular weight excluding hydrogens is 300 g/mol. The van der Waals surface area contributed by atoms with Crippen LogP contribution in [0.2, 0.25) is 0 Å². The number of ketones is 1. The van der Waals surface area contributed by atoms with Crippen molar-refractivity contribution in [2.24, 2.45) is 5.92 Å². The number of aryl methyl sites for hydroxylation is 2. The summed E-state index contributed by atoms with van der Waals surface area (Å²) in [6, 6.07) is 4.38. The molecule has 1 aliphatic carbocycles. The van der Waals surface area contributed by atoms with Gasteiger partial charge in [-0.2, -0.15) is 0 Å². The highest BCUT2D eigenvalue weighted by Gasteiger charge is 2.33. The minimum atomic E-state index is 0.140. The van der Waals surface area contributed by atoms with Crippen LogP contribution in [0.4, 0.5) is 0 Å². The maximum absolute atomic E-state index is 12.5. The molecule has 1 saturated carbocycles. The van der Waals surface area contributed by atoms with E-state index in [1.165, 1.54) is 5.56 Å². The molecule has 1 aliphatic rings. The molecule has 24 heavy (non-hydrogen) atoms. The number of aromatic nitrogens is 1. The molecular formula is C20H30N2O2. The third-order valence-corrected chi connectivity index (χ3v) is 4.74. The lowest BCUT2D eigenvalue weighted by Crippen LogP contribution is -2.37. The van der Waals surface area contributed by atoms with E-state index in [1.807, 2.05) is 24.1 Å². The maximum Gasteiger partial charge on any atom is 0.223 e. The van der Waals surface area contributed by atoms with Crippen LogP contribution in [0, 0.1) is 12.8 Å². The summed E-state index contributed by atoms with van der Waals surface area (Å²) >= 11 is 0. The highest BCUT2D eigenvalue weighted by Crippen LogP contribution is 2.28. The fourth-order valence-electron chi connectivity index (χ4n) is 2.94. The summed E-state index contributed by atoms with van der Waals surface area (Å²) in [5, 5.41) is 0. The Morgan fingerprint density at radius 1 is 1.38 bits per heavy atom. The molecule has 132 valence electrons. The van der Waals surface area contributed by atoms with Crippen LogP contribution in [0.5, 0.6) is 0 Å². The second-order valence-corrected chi connectivity index (χ2v) is 7.17. The van der Waals surface area contributed by atoms with Crippen molar-refractivity contribution in [2.75, 3.05) is 6.54 Å². The van der Waals surface area contributed by atoms with E-state index in [9.17, 15) is 9.59 Å². The molecule has 2 rings (SSSR count). The van der Waals surface area contributed by atoms with Crippen LogP contribution in [0.25, 0.3) is 0 Å². The van der Waals surface area contributed by atoms with Crippen molar-refractivity contribution in [3.8, 4) is 0 Å².